The normalized spacial score (nSPS) is 12.6. The number of aliphatic hydroxyl groups is 2. The highest BCUT2D eigenvalue weighted by Crippen LogP contribution is 2.19. The van der Waals surface area contributed by atoms with E-state index in [4.69, 9.17) is 4.74 Å². The van der Waals surface area contributed by atoms with Crippen molar-refractivity contribution in [3.8, 4) is 0 Å². The summed E-state index contributed by atoms with van der Waals surface area (Å²) in [6.45, 7) is 4.95. The molecule has 6 heteroatoms. The molecular formula is C75H145NO5. The first kappa shape index (κ1) is 79.3. The van der Waals surface area contributed by atoms with Crippen molar-refractivity contribution in [3.63, 3.8) is 0 Å². The van der Waals surface area contributed by atoms with Crippen LogP contribution < -0.4 is 5.32 Å². The largest absolute Gasteiger partial charge is 0.466 e. The summed E-state index contributed by atoms with van der Waals surface area (Å²) in [4.78, 5) is 24.6. The Morgan fingerprint density at radius 2 is 0.580 bits per heavy atom. The molecule has 0 aromatic heterocycles. The number of amides is 1. The second-order valence-corrected chi connectivity index (χ2v) is 25.6. The van der Waals surface area contributed by atoms with Crippen molar-refractivity contribution in [3.05, 3.63) is 24.3 Å². The lowest BCUT2D eigenvalue weighted by molar-refractivity contribution is -0.143. The molecule has 2 unspecified atom stereocenters. The highest BCUT2D eigenvalue weighted by Gasteiger charge is 2.18. The molecule has 0 aromatic carbocycles. The van der Waals surface area contributed by atoms with E-state index in [-0.39, 0.29) is 18.5 Å². The Morgan fingerprint density at radius 1 is 0.333 bits per heavy atom. The summed E-state index contributed by atoms with van der Waals surface area (Å²) in [5.74, 6) is -0.0417. The van der Waals surface area contributed by atoms with Gasteiger partial charge in [0.1, 0.15) is 0 Å². The average molecular weight is 1140 g/mol. The first-order chi connectivity index (χ1) is 40.0. The summed E-state index contributed by atoms with van der Waals surface area (Å²) in [6, 6.07) is -0.626. The van der Waals surface area contributed by atoms with Gasteiger partial charge in [-0.15, -0.1) is 0 Å². The van der Waals surface area contributed by atoms with Crippen molar-refractivity contribution in [1.29, 1.82) is 0 Å². The zero-order chi connectivity index (χ0) is 58.5. The van der Waals surface area contributed by atoms with Crippen LogP contribution in [0.5, 0.6) is 0 Å². The third-order valence-electron chi connectivity index (χ3n) is 17.5. The van der Waals surface area contributed by atoms with E-state index in [1.165, 1.54) is 353 Å². The summed E-state index contributed by atoms with van der Waals surface area (Å²) in [5, 5.41) is 23.3. The summed E-state index contributed by atoms with van der Waals surface area (Å²) in [7, 11) is 0. The van der Waals surface area contributed by atoms with Gasteiger partial charge >= 0.3 is 5.97 Å². The van der Waals surface area contributed by atoms with Crippen LogP contribution in [0.2, 0.25) is 0 Å². The van der Waals surface area contributed by atoms with Gasteiger partial charge in [0.05, 0.1) is 25.4 Å². The van der Waals surface area contributed by atoms with E-state index < -0.39 is 12.1 Å². The molecule has 0 bridgehead atoms. The van der Waals surface area contributed by atoms with Crippen LogP contribution in [0.25, 0.3) is 0 Å². The van der Waals surface area contributed by atoms with Crippen molar-refractivity contribution in [2.24, 2.45) is 0 Å². The lowest BCUT2D eigenvalue weighted by Crippen LogP contribution is -2.45. The molecule has 0 rings (SSSR count). The molecule has 0 saturated carbocycles. The van der Waals surface area contributed by atoms with Gasteiger partial charge in [0.2, 0.25) is 5.91 Å². The van der Waals surface area contributed by atoms with Gasteiger partial charge in [-0.2, -0.15) is 0 Å². The molecule has 0 saturated heterocycles. The Kier molecular flexibility index (Phi) is 69.4. The fraction of sp³-hybridized carbons (Fsp3) is 0.920. The van der Waals surface area contributed by atoms with Gasteiger partial charge in [0.25, 0.3) is 0 Å². The van der Waals surface area contributed by atoms with E-state index >= 15 is 0 Å². The van der Waals surface area contributed by atoms with Crippen molar-refractivity contribution in [2.75, 3.05) is 13.2 Å². The molecule has 6 nitrogen and oxygen atoms in total. The summed E-state index contributed by atoms with van der Waals surface area (Å²) in [5.41, 5.74) is 0. The molecule has 0 radical (unpaired) electrons. The number of ether oxygens (including phenoxy) is 1. The number of allylic oxidation sites excluding steroid dienone is 3. The summed E-state index contributed by atoms with van der Waals surface area (Å²) >= 11 is 0. The quantitative estimate of drug-likeness (QED) is 0.0320. The highest BCUT2D eigenvalue weighted by molar-refractivity contribution is 5.76. The third-order valence-corrected chi connectivity index (χ3v) is 17.5. The van der Waals surface area contributed by atoms with E-state index in [1.54, 1.807) is 6.08 Å². The molecule has 0 aromatic rings. The fourth-order valence-corrected chi connectivity index (χ4v) is 11.8. The Labute approximate surface area is 507 Å². The highest BCUT2D eigenvalue weighted by atomic mass is 16.5. The number of esters is 1. The van der Waals surface area contributed by atoms with Crippen LogP contribution in [0.15, 0.2) is 24.3 Å². The minimum Gasteiger partial charge on any atom is -0.466 e. The van der Waals surface area contributed by atoms with Gasteiger partial charge in [-0.1, -0.05) is 372 Å². The molecule has 480 valence electrons. The SMILES string of the molecule is CCCCCCCCCCCCCCCCCCCC/C=C/C(O)C(CO)NC(=O)CCCCCCCCCCCCCCCCCC/C=C\CCCCCCCCCCCCCCOC(=O)CCCCCCCCCCCCCC. The average Bonchev–Trinajstić information content (AvgIpc) is 3.47. The number of carbonyl (C=O) groups is 2. The van der Waals surface area contributed by atoms with Crippen molar-refractivity contribution < 1.29 is 24.5 Å². The zero-order valence-electron chi connectivity index (χ0n) is 55.0. The molecule has 0 heterocycles. The predicted molar refractivity (Wildman–Crippen MR) is 356 cm³/mol. The van der Waals surface area contributed by atoms with Gasteiger partial charge < -0.3 is 20.3 Å². The maximum absolute atomic E-state index is 12.5. The maximum Gasteiger partial charge on any atom is 0.305 e. The van der Waals surface area contributed by atoms with Crippen LogP contribution in [0.1, 0.15) is 418 Å². The van der Waals surface area contributed by atoms with Crippen LogP contribution in [0.3, 0.4) is 0 Å². The molecule has 3 N–H and O–H groups in total. The Hall–Kier alpha value is -1.66. The monoisotopic (exact) mass is 1140 g/mol. The maximum atomic E-state index is 12.5. The molecule has 0 spiro atoms. The summed E-state index contributed by atoms with van der Waals surface area (Å²) in [6.07, 6.45) is 89.9. The molecule has 0 aliphatic heterocycles. The van der Waals surface area contributed by atoms with E-state index in [0.29, 0.717) is 19.4 Å². The van der Waals surface area contributed by atoms with Gasteiger partial charge in [0, 0.05) is 12.8 Å². The molecule has 0 aliphatic carbocycles. The smallest absolute Gasteiger partial charge is 0.305 e. The summed E-state index contributed by atoms with van der Waals surface area (Å²) < 4.78 is 5.48. The van der Waals surface area contributed by atoms with E-state index in [0.717, 1.165) is 38.5 Å². The molecule has 2 atom stereocenters. The topological polar surface area (TPSA) is 95.9 Å². The minimum atomic E-state index is -0.843. The lowest BCUT2D eigenvalue weighted by atomic mass is 10.0. The Bertz CT molecular complexity index is 1270. The minimum absolute atomic E-state index is 0.0193. The van der Waals surface area contributed by atoms with Gasteiger partial charge in [-0.05, 0) is 57.8 Å². The molecular weight excluding hydrogens is 995 g/mol. The molecule has 0 aliphatic rings. The van der Waals surface area contributed by atoms with Crippen LogP contribution in [0.4, 0.5) is 0 Å². The molecule has 1 amide bonds. The Morgan fingerprint density at radius 3 is 0.877 bits per heavy atom. The van der Waals surface area contributed by atoms with Gasteiger partial charge in [-0.3, -0.25) is 9.59 Å². The first-order valence-corrected chi connectivity index (χ1v) is 37.1. The van der Waals surface area contributed by atoms with Crippen molar-refractivity contribution in [2.45, 2.75) is 431 Å². The van der Waals surface area contributed by atoms with E-state index in [2.05, 4.69) is 31.3 Å². The van der Waals surface area contributed by atoms with Gasteiger partial charge in [0.15, 0.2) is 0 Å². The predicted octanol–water partition coefficient (Wildman–Crippen LogP) is 24.1. The first-order valence-electron chi connectivity index (χ1n) is 37.1. The second-order valence-electron chi connectivity index (χ2n) is 25.6. The van der Waals surface area contributed by atoms with E-state index in [9.17, 15) is 19.8 Å². The van der Waals surface area contributed by atoms with Crippen LogP contribution in [-0.4, -0.2) is 47.4 Å². The number of carbonyl (C=O) groups excluding carboxylic acids is 2. The fourth-order valence-electron chi connectivity index (χ4n) is 11.8. The van der Waals surface area contributed by atoms with E-state index in [1.807, 2.05) is 6.08 Å². The Balaban J connectivity index is 3.38. The standard InChI is InChI=1S/C75H145NO5/c1-3-5-7-9-11-13-15-17-18-19-20-35-38-41-44-47-51-55-59-63-67-73(78)72(71-77)76-74(79)68-64-60-56-52-48-45-42-39-36-33-31-29-27-25-23-21-22-24-26-28-30-32-34-37-40-43-46-50-54-58-62-66-70-81-75(80)69-65-61-57-53-49-16-14-12-10-8-6-4-2/h24,26,63,67,72-73,77-78H,3-23,25,27-62,64-66,68-71H2,1-2H3,(H,76,79)/b26-24-,67-63+. The van der Waals surface area contributed by atoms with Crippen molar-refractivity contribution >= 4 is 11.9 Å². The molecule has 81 heavy (non-hydrogen) atoms. The third kappa shape index (κ3) is 67.3. The number of rotatable bonds is 70. The number of aliphatic hydroxyl groups excluding tert-OH is 2. The number of hydrogen-bond donors (Lipinski definition) is 3. The van der Waals surface area contributed by atoms with Gasteiger partial charge in [-0.25, -0.2) is 0 Å². The number of hydrogen-bond acceptors (Lipinski definition) is 5. The number of unbranched alkanes of at least 4 members (excludes halogenated alkanes) is 57. The second kappa shape index (κ2) is 70.8. The van der Waals surface area contributed by atoms with Crippen LogP contribution in [0, 0.1) is 0 Å². The lowest BCUT2D eigenvalue weighted by Gasteiger charge is -2.20. The molecule has 0 fully saturated rings. The zero-order valence-corrected chi connectivity index (χ0v) is 55.0. The van der Waals surface area contributed by atoms with Crippen LogP contribution >= 0.6 is 0 Å². The van der Waals surface area contributed by atoms with Crippen molar-refractivity contribution in [1.82, 2.24) is 5.32 Å². The number of nitrogens with one attached hydrogen (secondary N) is 1. The van der Waals surface area contributed by atoms with Crippen LogP contribution in [-0.2, 0) is 14.3 Å².